The van der Waals surface area contributed by atoms with Gasteiger partial charge in [-0.1, -0.05) is 6.07 Å². The van der Waals surface area contributed by atoms with Crippen LogP contribution in [-0.4, -0.2) is 34.2 Å². The monoisotopic (exact) mass is 206 g/mol. The molecule has 82 valence electrons. The fourth-order valence-corrected chi connectivity index (χ4v) is 2.04. The molecule has 0 bridgehead atoms. The molecule has 0 saturated carbocycles. The average Bonchev–Trinajstić information content (AvgIpc) is 2.22. The molecule has 3 nitrogen and oxygen atoms in total. The molecule has 3 heteroatoms. The van der Waals surface area contributed by atoms with Gasteiger partial charge in [0.1, 0.15) is 0 Å². The molecule has 1 aromatic heterocycles. The van der Waals surface area contributed by atoms with Gasteiger partial charge in [0.25, 0.3) is 0 Å². The summed E-state index contributed by atoms with van der Waals surface area (Å²) in [5.74, 6) is 0. The van der Waals surface area contributed by atoms with Crippen LogP contribution in [0.15, 0.2) is 18.5 Å². The maximum Gasteiger partial charge on any atom is 0.0564 e. The minimum atomic E-state index is -0.0862. The van der Waals surface area contributed by atoms with Gasteiger partial charge in [-0.25, -0.2) is 0 Å². The zero-order valence-corrected chi connectivity index (χ0v) is 9.19. The van der Waals surface area contributed by atoms with Gasteiger partial charge in [0.05, 0.1) is 6.10 Å². The molecule has 2 heterocycles. The summed E-state index contributed by atoms with van der Waals surface area (Å²) in [4.78, 5) is 6.57. The van der Waals surface area contributed by atoms with E-state index in [1.807, 2.05) is 12.4 Å². The van der Waals surface area contributed by atoms with Gasteiger partial charge in [-0.3, -0.25) is 9.88 Å². The Labute approximate surface area is 90.8 Å². The van der Waals surface area contributed by atoms with E-state index in [-0.39, 0.29) is 6.10 Å². The Morgan fingerprint density at radius 2 is 2.13 bits per heavy atom. The van der Waals surface area contributed by atoms with E-state index in [0.29, 0.717) is 0 Å². The first-order valence-electron chi connectivity index (χ1n) is 5.55. The number of piperidine rings is 1. The molecule has 0 unspecified atom stereocenters. The lowest BCUT2D eigenvalue weighted by atomic mass is 10.1. The number of pyridine rings is 1. The molecular weight excluding hydrogens is 188 g/mol. The SMILES string of the molecule is Cc1cncc(CN2CCC(O)CC2)c1. The highest BCUT2D eigenvalue weighted by atomic mass is 16.3. The Hall–Kier alpha value is -0.930. The van der Waals surface area contributed by atoms with Crippen LogP contribution in [0.25, 0.3) is 0 Å². The van der Waals surface area contributed by atoms with E-state index in [9.17, 15) is 5.11 Å². The Kier molecular flexibility index (Phi) is 3.34. The van der Waals surface area contributed by atoms with E-state index in [0.717, 1.165) is 32.5 Å². The van der Waals surface area contributed by atoms with Crippen molar-refractivity contribution < 1.29 is 5.11 Å². The molecule has 0 aliphatic carbocycles. The van der Waals surface area contributed by atoms with Gasteiger partial charge in [-0.05, 0) is 30.9 Å². The molecule has 2 rings (SSSR count). The molecule has 1 aliphatic heterocycles. The third-order valence-electron chi connectivity index (χ3n) is 2.89. The summed E-state index contributed by atoms with van der Waals surface area (Å²) < 4.78 is 0. The highest BCUT2D eigenvalue weighted by Gasteiger charge is 2.16. The first kappa shape index (κ1) is 10.6. The normalized spacial score (nSPS) is 19.3. The van der Waals surface area contributed by atoms with E-state index in [4.69, 9.17) is 0 Å². The number of rotatable bonds is 2. The Bertz CT molecular complexity index is 319. The van der Waals surface area contributed by atoms with Gasteiger partial charge >= 0.3 is 0 Å². The fourth-order valence-electron chi connectivity index (χ4n) is 2.04. The van der Waals surface area contributed by atoms with Crippen LogP contribution < -0.4 is 0 Å². The summed E-state index contributed by atoms with van der Waals surface area (Å²) in [6.45, 7) is 5.02. The molecule has 1 saturated heterocycles. The van der Waals surface area contributed by atoms with Crippen LogP contribution in [0.4, 0.5) is 0 Å². The van der Waals surface area contributed by atoms with Crippen molar-refractivity contribution in [1.29, 1.82) is 0 Å². The van der Waals surface area contributed by atoms with E-state index >= 15 is 0 Å². The van der Waals surface area contributed by atoms with Crippen molar-refractivity contribution in [3.63, 3.8) is 0 Å². The molecular formula is C12H18N2O. The van der Waals surface area contributed by atoms with Crippen LogP contribution >= 0.6 is 0 Å². The van der Waals surface area contributed by atoms with Crippen molar-refractivity contribution in [2.45, 2.75) is 32.4 Å². The van der Waals surface area contributed by atoms with Crippen molar-refractivity contribution in [3.8, 4) is 0 Å². The molecule has 0 amide bonds. The molecule has 0 spiro atoms. The van der Waals surface area contributed by atoms with Gasteiger partial charge in [-0.15, -0.1) is 0 Å². The van der Waals surface area contributed by atoms with Gasteiger partial charge < -0.3 is 5.11 Å². The number of hydrogen-bond acceptors (Lipinski definition) is 3. The standard InChI is InChI=1S/C12H18N2O/c1-10-6-11(8-13-7-10)9-14-4-2-12(15)3-5-14/h6-8,12,15H,2-5,9H2,1H3. The van der Waals surface area contributed by atoms with E-state index in [2.05, 4.69) is 22.9 Å². The van der Waals surface area contributed by atoms with Crippen molar-refractivity contribution in [2.75, 3.05) is 13.1 Å². The van der Waals surface area contributed by atoms with Crippen LogP contribution in [0, 0.1) is 6.92 Å². The summed E-state index contributed by atoms with van der Waals surface area (Å²) in [6.07, 6.45) is 5.52. The molecule has 1 N–H and O–H groups in total. The lowest BCUT2D eigenvalue weighted by molar-refractivity contribution is 0.0792. The lowest BCUT2D eigenvalue weighted by Crippen LogP contribution is -2.35. The first-order chi connectivity index (χ1) is 7.24. The van der Waals surface area contributed by atoms with Crippen LogP contribution in [0.3, 0.4) is 0 Å². The summed E-state index contributed by atoms with van der Waals surface area (Å²) >= 11 is 0. The number of hydrogen-bond donors (Lipinski definition) is 1. The van der Waals surface area contributed by atoms with E-state index in [1.165, 1.54) is 11.1 Å². The summed E-state index contributed by atoms with van der Waals surface area (Å²) in [5.41, 5.74) is 2.48. The molecule has 0 radical (unpaired) electrons. The molecule has 15 heavy (non-hydrogen) atoms. The fraction of sp³-hybridized carbons (Fsp3) is 0.583. The zero-order valence-electron chi connectivity index (χ0n) is 9.19. The highest BCUT2D eigenvalue weighted by molar-refractivity contribution is 5.16. The topological polar surface area (TPSA) is 36.4 Å². The molecule has 1 aliphatic rings. The minimum Gasteiger partial charge on any atom is -0.393 e. The molecule has 1 fully saturated rings. The second-order valence-electron chi connectivity index (χ2n) is 4.38. The number of aliphatic hydroxyl groups is 1. The maximum atomic E-state index is 9.40. The van der Waals surface area contributed by atoms with Gasteiger partial charge in [0, 0.05) is 32.0 Å². The van der Waals surface area contributed by atoms with Gasteiger partial charge in [0.2, 0.25) is 0 Å². The van der Waals surface area contributed by atoms with Crippen LogP contribution in [0.1, 0.15) is 24.0 Å². The van der Waals surface area contributed by atoms with Crippen molar-refractivity contribution in [3.05, 3.63) is 29.6 Å². The predicted molar refractivity (Wildman–Crippen MR) is 59.5 cm³/mol. The van der Waals surface area contributed by atoms with Gasteiger partial charge in [0.15, 0.2) is 0 Å². The van der Waals surface area contributed by atoms with E-state index < -0.39 is 0 Å². The second kappa shape index (κ2) is 4.73. The lowest BCUT2D eigenvalue weighted by Gasteiger charge is -2.29. The highest BCUT2D eigenvalue weighted by Crippen LogP contribution is 2.13. The van der Waals surface area contributed by atoms with Crippen LogP contribution in [0.5, 0.6) is 0 Å². The smallest absolute Gasteiger partial charge is 0.0564 e. The first-order valence-corrected chi connectivity index (χ1v) is 5.55. The minimum absolute atomic E-state index is 0.0862. The molecule has 0 atom stereocenters. The maximum absolute atomic E-state index is 9.40. The zero-order chi connectivity index (χ0) is 10.7. The van der Waals surface area contributed by atoms with E-state index in [1.54, 1.807) is 0 Å². The van der Waals surface area contributed by atoms with Crippen molar-refractivity contribution in [1.82, 2.24) is 9.88 Å². The van der Waals surface area contributed by atoms with Crippen molar-refractivity contribution >= 4 is 0 Å². The quantitative estimate of drug-likeness (QED) is 0.793. The summed E-state index contributed by atoms with van der Waals surface area (Å²) in [7, 11) is 0. The predicted octanol–water partition coefficient (Wildman–Crippen LogP) is 1.35. The third kappa shape index (κ3) is 3.01. The van der Waals surface area contributed by atoms with Crippen molar-refractivity contribution in [2.24, 2.45) is 0 Å². The Morgan fingerprint density at radius 1 is 1.40 bits per heavy atom. The Morgan fingerprint density at radius 3 is 2.80 bits per heavy atom. The number of aliphatic hydroxyl groups excluding tert-OH is 1. The van der Waals surface area contributed by atoms with Crippen LogP contribution in [0.2, 0.25) is 0 Å². The third-order valence-corrected chi connectivity index (χ3v) is 2.89. The number of aromatic nitrogens is 1. The average molecular weight is 206 g/mol. The largest absolute Gasteiger partial charge is 0.393 e. The van der Waals surface area contributed by atoms with Gasteiger partial charge in [-0.2, -0.15) is 0 Å². The number of aryl methyl sites for hydroxylation is 1. The Balaban J connectivity index is 1.92. The number of nitrogens with zero attached hydrogens (tertiary/aromatic N) is 2. The second-order valence-corrected chi connectivity index (χ2v) is 4.38. The summed E-state index contributed by atoms with van der Waals surface area (Å²) in [5, 5.41) is 9.40. The molecule has 1 aromatic rings. The summed E-state index contributed by atoms with van der Waals surface area (Å²) in [6, 6.07) is 2.18. The molecule has 0 aromatic carbocycles. The van der Waals surface area contributed by atoms with Crippen LogP contribution in [-0.2, 0) is 6.54 Å². The number of likely N-dealkylation sites (tertiary alicyclic amines) is 1.